The van der Waals surface area contributed by atoms with E-state index in [1.54, 1.807) is 0 Å². The number of nitrogens with zero attached hydrogens (tertiary/aromatic N) is 4. The maximum absolute atomic E-state index is 6.68. The molecule has 2 aliphatic rings. The van der Waals surface area contributed by atoms with Gasteiger partial charge in [0.15, 0.2) is 0 Å². The van der Waals surface area contributed by atoms with Gasteiger partial charge >= 0.3 is 0 Å². The van der Waals surface area contributed by atoms with Crippen LogP contribution in [-0.4, -0.2) is 4.98 Å². The molecule has 59 heavy (non-hydrogen) atoms. The molecule has 0 saturated carbocycles. The quantitative estimate of drug-likeness (QED) is 0.155. The van der Waals surface area contributed by atoms with Gasteiger partial charge in [-0.2, -0.15) is 12.1 Å². The van der Waals surface area contributed by atoms with E-state index >= 15 is 0 Å². The Morgan fingerprint density at radius 3 is 1.90 bits per heavy atom. The third kappa shape index (κ3) is 7.00. The monoisotopic (exact) mass is 944 g/mol. The Labute approximate surface area is 361 Å². The minimum Gasteiger partial charge on any atom is -0.509 e. The first-order chi connectivity index (χ1) is 28.3. The summed E-state index contributed by atoms with van der Waals surface area (Å²) >= 11 is 0. The Balaban J connectivity index is 0.00000449. The fourth-order valence-electron chi connectivity index (χ4n) is 8.09. The van der Waals surface area contributed by atoms with Crippen molar-refractivity contribution in [3.05, 3.63) is 200 Å². The van der Waals surface area contributed by atoms with E-state index in [9.17, 15) is 0 Å². The van der Waals surface area contributed by atoms with Crippen molar-refractivity contribution < 1.29 is 25.8 Å². The summed E-state index contributed by atoms with van der Waals surface area (Å²) in [4.78, 5) is 11.7. The number of rotatable bonds is 6. The van der Waals surface area contributed by atoms with E-state index in [2.05, 4.69) is 201 Å². The number of anilines is 7. The number of hydrogen-bond donors (Lipinski definition) is 0. The second-order valence-corrected chi connectivity index (χ2v) is 15.8. The summed E-state index contributed by atoms with van der Waals surface area (Å²) in [5.74, 6) is 1.98. The Morgan fingerprint density at radius 1 is 0.559 bits per heavy atom. The van der Waals surface area contributed by atoms with Crippen LogP contribution in [0.15, 0.2) is 170 Å². The molecule has 0 radical (unpaired) electrons. The van der Waals surface area contributed by atoms with Gasteiger partial charge < -0.3 is 19.4 Å². The van der Waals surface area contributed by atoms with Gasteiger partial charge in [0.2, 0.25) is 0 Å². The fraction of sp³-hybridized carbons (Fsp3) is 0.0943. The van der Waals surface area contributed by atoms with Gasteiger partial charge in [0, 0.05) is 67.0 Å². The molecule has 0 saturated heterocycles. The van der Waals surface area contributed by atoms with Crippen molar-refractivity contribution in [2.24, 2.45) is 0 Å². The molecular weight excluding hydrogens is 904 g/mol. The van der Waals surface area contributed by atoms with E-state index in [1.807, 2.05) is 30.5 Å². The van der Waals surface area contributed by atoms with E-state index in [0.717, 1.165) is 78.9 Å². The normalized spacial score (nSPS) is 12.8. The third-order valence-electron chi connectivity index (χ3n) is 11.1. The second-order valence-electron chi connectivity index (χ2n) is 15.8. The maximum Gasteiger partial charge on any atom is 0.135 e. The maximum atomic E-state index is 6.68. The van der Waals surface area contributed by atoms with Crippen LogP contribution in [0.3, 0.4) is 0 Å². The topological polar surface area (TPSA) is 31.8 Å². The molecule has 0 atom stereocenters. The molecule has 5 nitrogen and oxygen atoms in total. The number of aromatic nitrogens is 1. The SMILES string of the molecule is Cc1cc(N2c3[c-]c(Oc4[c-]c(N5[CH-]N(c6ccc(C(C)(C)C)cc6)c6ccccc65)ccc4)ccc3-c3ccccc3-c3ccccc32)ncc1-c1ccccc1.[Pt]. The number of ether oxygens (including phenoxy) is 1. The second kappa shape index (κ2) is 15.4. The van der Waals surface area contributed by atoms with Crippen LogP contribution >= 0.6 is 0 Å². The van der Waals surface area contributed by atoms with Gasteiger partial charge in [-0.15, -0.1) is 48.3 Å². The Morgan fingerprint density at radius 2 is 1.19 bits per heavy atom. The summed E-state index contributed by atoms with van der Waals surface area (Å²) in [7, 11) is 0. The van der Waals surface area contributed by atoms with Gasteiger partial charge in [-0.05, 0) is 71.0 Å². The van der Waals surface area contributed by atoms with Crippen molar-refractivity contribution >= 4 is 39.9 Å². The predicted octanol–water partition coefficient (Wildman–Crippen LogP) is 14.3. The zero-order chi connectivity index (χ0) is 39.4. The van der Waals surface area contributed by atoms with Crippen LogP contribution in [0.5, 0.6) is 11.5 Å². The summed E-state index contributed by atoms with van der Waals surface area (Å²) in [6, 6.07) is 64.4. The van der Waals surface area contributed by atoms with Crippen LogP contribution in [0.25, 0.3) is 33.4 Å². The van der Waals surface area contributed by atoms with Gasteiger partial charge in [-0.1, -0.05) is 129 Å². The van der Waals surface area contributed by atoms with E-state index in [-0.39, 0.29) is 26.5 Å². The van der Waals surface area contributed by atoms with Gasteiger partial charge in [-0.3, -0.25) is 0 Å². The molecule has 7 aromatic carbocycles. The fourth-order valence-corrected chi connectivity index (χ4v) is 8.09. The Kier molecular flexibility index (Phi) is 9.95. The molecule has 1 aromatic heterocycles. The van der Waals surface area contributed by atoms with Crippen LogP contribution in [0.1, 0.15) is 31.9 Å². The average molecular weight is 945 g/mol. The summed E-state index contributed by atoms with van der Waals surface area (Å²) in [6.07, 6.45) is 1.98. The standard InChI is InChI=1S/C53H41N4O.Pt/c1-36-31-52(54-34-47(36)37-15-6-5-7-16-37)57-48-22-11-10-21-45(48)43-19-8-9-20-44(43)46-30-29-42(33-51(46)57)58-41-18-14-17-40(32-41)56-35-55(49-23-12-13-24-50(49)56)39-27-25-38(26-28-39)53(2,3)4;/h5-31,34-35H,1-4H3;/q-3;. The smallest absolute Gasteiger partial charge is 0.135 e. The first kappa shape index (κ1) is 38.1. The number of hydrogen-bond acceptors (Lipinski definition) is 5. The van der Waals surface area contributed by atoms with Gasteiger partial charge in [0.1, 0.15) is 5.82 Å². The van der Waals surface area contributed by atoms with Crippen molar-refractivity contribution in [1.29, 1.82) is 0 Å². The summed E-state index contributed by atoms with van der Waals surface area (Å²) < 4.78 is 6.68. The summed E-state index contributed by atoms with van der Waals surface area (Å²) in [5, 5.41) is 0. The largest absolute Gasteiger partial charge is 0.509 e. The minimum absolute atomic E-state index is 0. The van der Waals surface area contributed by atoms with E-state index in [4.69, 9.17) is 9.72 Å². The zero-order valence-electron chi connectivity index (χ0n) is 33.3. The van der Waals surface area contributed by atoms with Crippen LogP contribution < -0.4 is 19.4 Å². The average Bonchev–Trinajstić information content (AvgIpc) is 3.59. The molecule has 6 heteroatoms. The van der Waals surface area contributed by atoms with Crippen LogP contribution in [0, 0.1) is 25.7 Å². The Hall–Kier alpha value is -6.42. The molecule has 3 heterocycles. The molecule has 0 aliphatic carbocycles. The van der Waals surface area contributed by atoms with Crippen molar-refractivity contribution in [1.82, 2.24) is 4.98 Å². The minimum atomic E-state index is 0. The number of fused-ring (bicyclic) bond motifs is 6. The van der Waals surface area contributed by atoms with E-state index < -0.39 is 0 Å². The predicted molar refractivity (Wildman–Crippen MR) is 238 cm³/mol. The van der Waals surface area contributed by atoms with Gasteiger partial charge in [0.05, 0.1) is 5.69 Å². The van der Waals surface area contributed by atoms with Crippen LogP contribution in [0.4, 0.5) is 39.9 Å². The molecule has 292 valence electrons. The summed E-state index contributed by atoms with van der Waals surface area (Å²) in [5.41, 5.74) is 15.2. The van der Waals surface area contributed by atoms with Crippen molar-refractivity contribution in [2.45, 2.75) is 33.1 Å². The number of pyridine rings is 1. The first-order valence-corrected chi connectivity index (χ1v) is 19.7. The van der Waals surface area contributed by atoms with E-state index in [0.29, 0.717) is 11.5 Å². The molecule has 0 fully saturated rings. The van der Waals surface area contributed by atoms with Crippen LogP contribution in [-0.2, 0) is 26.5 Å². The molecule has 0 unspecified atom stereocenters. The Bertz CT molecular complexity index is 2810. The van der Waals surface area contributed by atoms with Gasteiger partial charge in [0.25, 0.3) is 0 Å². The van der Waals surface area contributed by atoms with E-state index in [1.165, 1.54) is 5.56 Å². The molecule has 0 amide bonds. The molecule has 8 aromatic rings. The molecule has 0 bridgehead atoms. The number of para-hydroxylation sites is 3. The van der Waals surface area contributed by atoms with Crippen molar-refractivity contribution in [2.75, 3.05) is 14.7 Å². The third-order valence-corrected chi connectivity index (χ3v) is 11.1. The van der Waals surface area contributed by atoms with Gasteiger partial charge in [-0.25, -0.2) is 4.98 Å². The summed E-state index contributed by atoms with van der Waals surface area (Å²) in [6.45, 7) is 11.0. The van der Waals surface area contributed by atoms with Crippen molar-refractivity contribution in [3.63, 3.8) is 0 Å². The zero-order valence-corrected chi connectivity index (χ0v) is 35.5. The molecule has 10 rings (SSSR count). The molecule has 2 aliphatic heterocycles. The first-order valence-electron chi connectivity index (χ1n) is 19.7. The molecular formula is C53H41N4OPt-3. The molecule has 0 N–H and O–H groups in total. The van der Waals surface area contributed by atoms with Crippen LogP contribution in [0.2, 0.25) is 0 Å². The van der Waals surface area contributed by atoms with Crippen molar-refractivity contribution in [3.8, 4) is 44.9 Å². The molecule has 0 spiro atoms. The number of benzene rings is 7. The number of aryl methyl sites for hydroxylation is 1.